The maximum Gasteiger partial charge on any atom is 0.211 e. The first-order valence-corrected chi connectivity index (χ1v) is 9.88. The molecule has 3 rings (SSSR count). The van der Waals surface area contributed by atoms with Crippen molar-refractivity contribution in [1.29, 1.82) is 0 Å². The molecule has 1 aromatic heterocycles. The minimum Gasteiger partial charge on any atom is -0.376 e. The summed E-state index contributed by atoms with van der Waals surface area (Å²) in [6, 6.07) is 1.97. The third-order valence-electron chi connectivity index (χ3n) is 4.80. The van der Waals surface area contributed by atoms with E-state index in [0.29, 0.717) is 19.1 Å². The van der Waals surface area contributed by atoms with E-state index < -0.39 is 10.0 Å². The van der Waals surface area contributed by atoms with E-state index >= 15 is 0 Å². The summed E-state index contributed by atoms with van der Waals surface area (Å²) in [5.74, 6) is 2.39. The topological polar surface area (TPSA) is 87.7 Å². The van der Waals surface area contributed by atoms with Crippen molar-refractivity contribution in [3.8, 4) is 0 Å². The van der Waals surface area contributed by atoms with Gasteiger partial charge in [0, 0.05) is 51.6 Å². The van der Waals surface area contributed by atoms with Gasteiger partial charge < -0.3 is 14.5 Å². The lowest BCUT2D eigenvalue weighted by atomic mass is 9.93. The molecule has 8 nitrogen and oxygen atoms in total. The van der Waals surface area contributed by atoms with Gasteiger partial charge in [0.15, 0.2) is 0 Å². The van der Waals surface area contributed by atoms with Crippen LogP contribution in [-0.4, -0.2) is 70.6 Å². The molecule has 0 aromatic carbocycles. The third-order valence-corrected chi connectivity index (χ3v) is 6.17. The average Bonchev–Trinajstić information content (AvgIpc) is 3.14. The van der Waals surface area contributed by atoms with Crippen LogP contribution in [0, 0.1) is 11.8 Å². The molecule has 2 fully saturated rings. The fourth-order valence-corrected chi connectivity index (χ4v) is 3.96. The first kappa shape index (κ1) is 17.4. The maximum atomic E-state index is 11.7. The second-order valence-corrected chi connectivity index (χ2v) is 8.68. The number of hydrogen-bond acceptors (Lipinski definition) is 7. The summed E-state index contributed by atoms with van der Waals surface area (Å²) in [7, 11) is 0.735. The quantitative estimate of drug-likeness (QED) is 0.764. The Labute approximate surface area is 143 Å². The highest BCUT2D eigenvalue weighted by Gasteiger charge is 2.44. The van der Waals surface area contributed by atoms with Gasteiger partial charge >= 0.3 is 0 Å². The number of nitrogens with zero attached hydrogens (tertiary/aromatic N) is 4. The molecule has 2 aliphatic rings. The molecule has 0 unspecified atom stereocenters. The molecule has 3 heterocycles. The highest BCUT2D eigenvalue weighted by atomic mass is 32.2. The largest absolute Gasteiger partial charge is 0.376 e. The van der Waals surface area contributed by atoms with Crippen molar-refractivity contribution < 1.29 is 13.2 Å². The Kier molecular flexibility index (Phi) is 4.93. The van der Waals surface area contributed by atoms with E-state index in [1.54, 1.807) is 13.3 Å². The van der Waals surface area contributed by atoms with E-state index in [1.165, 1.54) is 0 Å². The van der Waals surface area contributed by atoms with E-state index in [0.717, 1.165) is 24.7 Å². The minimum atomic E-state index is -3.16. The third kappa shape index (κ3) is 3.62. The number of ether oxygens (including phenoxy) is 1. The Balaban J connectivity index is 1.65. The van der Waals surface area contributed by atoms with Crippen molar-refractivity contribution in [3.63, 3.8) is 0 Å². The SMILES string of the molecule is CCS(=O)(=O)NC[C@@H]1CO[C@H]2CN(c3cc(N(C)C)ncn3)C[C@@H]12. The van der Waals surface area contributed by atoms with Crippen LogP contribution in [0.3, 0.4) is 0 Å². The van der Waals surface area contributed by atoms with Crippen LogP contribution in [0.2, 0.25) is 0 Å². The lowest BCUT2D eigenvalue weighted by Crippen LogP contribution is -2.35. The highest BCUT2D eigenvalue weighted by Crippen LogP contribution is 2.35. The summed E-state index contributed by atoms with van der Waals surface area (Å²) in [6.45, 7) is 4.31. The summed E-state index contributed by atoms with van der Waals surface area (Å²) >= 11 is 0. The zero-order valence-electron chi connectivity index (χ0n) is 14.3. The van der Waals surface area contributed by atoms with Gasteiger partial charge in [0.2, 0.25) is 10.0 Å². The first-order valence-electron chi connectivity index (χ1n) is 8.23. The van der Waals surface area contributed by atoms with Crippen LogP contribution < -0.4 is 14.5 Å². The molecular weight excluding hydrogens is 330 g/mol. The van der Waals surface area contributed by atoms with Gasteiger partial charge in [-0.15, -0.1) is 0 Å². The monoisotopic (exact) mass is 355 g/mol. The highest BCUT2D eigenvalue weighted by molar-refractivity contribution is 7.89. The summed E-state index contributed by atoms with van der Waals surface area (Å²) in [5, 5.41) is 0. The van der Waals surface area contributed by atoms with E-state index in [1.807, 2.05) is 25.1 Å². The number of hydrogen-bond donors (Lipinski definition) is 1. The first-order chi connectivity index (χ1) is 11.4. The second kappa shape index (κ2) is 6.81. The summed E-state index contributed by atoms with van der Waals surface area (Å²) in [5.41, 5.74) is 0. The van der Waals surface area contributed by atoms with Crippen molar-refractivity contribution >= 4 is 21.7 Å². The van der Waals surface area contributed by atoms with Crippen LogP contribution in [0.1, 0.15) is 6.92 Å². The molecule has 0 saturated carbocycles. The van der Waals surface area contributed by atoms with Gasteiger partial charge in [-0.25, -0.2) is 23.1 Å². The Bertz CT molecular complexity index is 681. The Morgan fingerprint density at radius 2 is 2.17 bits per heavy atom. The molecular formula is C15H25N5O3S. The molecule has 1 aromatic rings. The van der Waals surface area contributed by atoms with E-state index in [-0.39, 0.29) is 17.8 Å². The smallest absolute Gasteiger partial charge is 0.211 e. The fraction of sp³-hybridized carbons (Fsp3) is 0.733. The van der Waals surface area contributed by atoms with Crippen LogP contribution in [-0.2, 0) is 14.8 Å². The van der Waals surface area contributed by atoms with Gasteiger partial charge in [-0.1, -0.05) is 0 Å². The molecule has 2 aliphatic heterocycles. The van der Waals surface area contributed by atoms with Gasteiger partial charge in [-0.2, -0.15) is 0 Å². The number of sulfonamides is 1. The van der Waals surface area contributed by atoms with Crippen molar-refractivity contribution in [2.45, 2.75) is 13.0 Å². The van der Waals surface area contributed by atoms with Crippen LogP contribution >= 0.6 is 0 Å². The number of aromatic nitrogens is 2. The summed E-state index contributed by atoms with van der Waals surface area (Å²) in [4.78, 5) is 12.8. The zero-order valence-corrected chi connectivity index (χ0v) is 15.2. The summed E-state index contributed by atoms with van der Waals surface area (Å²) in [6.07, 6.45) is 1.71. The molecule has 2 saturated heterocycles. The van der Waals surface area contributed by atoms with E-state index in [9.17, 15) is 8.42 Å². The average molecular weight is 355 g/mol. The number of fused-ring (bicyclic) bond motifs is 1. The second-order valence-electron chi connectivity index (χ2n) is 6.58. The molecule has 0 bridgehead atoms. The Morgan fingerprint density at radius 3 is 2.88 bits per heavy atom. The van der Waals surface area contributed by atoms with E-state index in [4.69, 9.17) is 4.74 Å². The van der Waals surface area contributed by atoms with Gasteiger partial charge in [-0.05, 0) is 6.92 Å². The Morgan fingerprint density at radius 1 is 1.38 bits per heavy atom. The van der Waals surface area contributed by atoms with Gasteiger partial charge in [0.25, 0.3) is 0 Å². The fourth-order valence-electron chi connectivity index (χ4n) is 3.29. The van der Waals surface area contributed by atoms with Crippen molar-refractivity contribution in [2.75, 3.05) is 55.9 Å². The van der Waals surface area contributed by atoms with Crippen molar-refractivity contribution in [2.24, 2.45) is 11.8 Å². The lowest BCUT2D eigenvalue weighted by Gasteiger charge is -2.22. The molecule has 1 N–H and O–H groups in total. The minimum absolute atomic E-state index is 0.106. The van der Waals surface area contributed by atoms with Gasteiger partial charge in [0.05, 0.1) is 18.5 Å². The Hall–Kier alpha value is -1.45. The number of anilines is 2. The normalized spacial score (nSPS) is 26.6. The molecule has 9 heteroatoms. The van der Waals surface area contributed by atoms with Crippen LogP contribution in [0.25, 0.3) is 0 Å². The standard InChI is InChI=1S/C15H25N5O3S/c1-4-24(21,22)18-6-11-9-23-13-8-20(7-12(11)13)15-5-14(19(2)3)16-10-17-15/h5,10-13,18H,4,6-9H2,1-3H3/t11-,12+,13+/m1/s1. The van der Waals surface area contributed by atoms with E-state index in [2.05, 4.69) is 19.6 Å². The lowest BCUT2D eigenvalue weighted by molar-refractivity contribution is 0.111. The molecule has 3 atom stereocenters. The van der Waals surface area contributed by atoms with Crippen molar-refractivity contribution in [3.05, 3.63) is 12.4 Å². The van der Waals surface area contributed by atoms with Crippen LogP contribution in [0.4, 0.5) is 11.6 Å². The number of rotatable bonds is 6. The zero-order chi connectivity index (χ0) is 17.3. The summed E-state index contributed by atoms with van der Waals surface area (Å²) < 4.78 is 31.9. The van der Waals surface area contributed by atoms with Crippen LogP contribution in [0.15, 0.2) is 12.4 Å². The van der Waals surface area contributed by atoms with Crippen molar-refractivity contribution in [1.82, 2.24) is 14.7 Å². The van der Waals surface area contributed by atoms with Gasteiger partial charge in [-0.3, -0.25) is 0 Å². The predicted molar refractivity (Wildman–Crippen MR) is 92.8 cm³/mol. The molecule has 24 heavy (non-hydrogen) atoms. The molecule has 0 spiro atoms. The maximum absolute atomic E-state index is 11.7. The molecule has 0 amide bonds. The molecule has 0 aliphatic carbocycles. The molecule has 134 valence electrons. The molecule has 0 radical (unpaired) electrons. The van der Waals surface area contributed by atoms with Gasteiger partial charge in [0.1, 0.15) is 18.0 Å². The number of nitrogens with one attached hydrogen (secondary N) is 1. The van der Waals surface area contributed by atoms with Crippen LogP contribution in [0.5, 0.6) is 0 Å². The predicted octanol–water partition coefficient (Wildman–Crippen LogP) is -0.0669.